The van der Waals surface area contributed by atoms with Gasteiger partial charge in [0.2, 0.25) is 5.91 Å². The second kappa shape index (κ2) is 5.15. The lowest BCUT2D eigenvalue weighted by molar-refractivity contribution is -0.139. The molecular formula is C12H22N2O2. The monoisotopic (exact) mass is 226 g/mol. The van der Waals surface area contributed by atoms with Crippen LogP contribution in [-0.2, 0) is 9.53 Å². The fourth-order valence-electron chi connectivity index (χ4n) is 2.36. The number of rotatable bonds is 5. The van der Waals surface area contributed by atoms with Crippen molar-refractivity contribution in [2.75, 3.05) is 20.3 Å². The molecule has 0 aromatic carbocycles. The highest BCUT2D eigenvalue weighted by Crippen LogP contribution is 2.23. The summed E-state index contributed by atoms with van der Waals surface area (Å²) >= 11 is 0. The van der Waals surface area contributed by atoms with E-state index in [0.717, 1.165) is 19.4 Å². The van der Waals surface area contributed by atoms with Crippen molar-refractivity contribution in [2.45, 2.75) is 50.7 Å². The molecule has 0 spiro atoms. The zero-order valence-electron chi connectivity index (χ0n) is 10.2. The fraction of sp³-hybridized carbons (Fsp3) is 0.917. The third-order valence-electron chi connectivity index (χ3n) is 3.43. The van der Waals surface area contributed by atoms with Crippen molar-refractivity contribution in [1.29, 1.82) is 0 Å². The van der Waals surface area contributed by atoms with Gasteiger partial charge in [-0.2, -0.15) is 0 Å². The number of amides is 1. The Labute approximate surface area is 97.3 Å². The van der Waals surface area contributed by atoms with Gasteiger partial charge in [0.1, 0.15) is 0 Å². The Kier molecular flexibility index (Phi) is 3.82. The Morgan fingerprint density at radius 1 is 1.50 bits per heavy atom. The van der Waals surface area contributed by atoms with Crippen molar-refractivity contribution >= 4 is 5.91 Å². The maximum absolute atomic E-state index is 12.2. The van der Waals surface area contributed by atoms with Crippen LogP contribution < -0.4 is 5.32 Å². The quantitative estimate of drug-likeness (QED) is 0.752. The van der Waals surface area contributed by atoms with Crippen LogP contribution >= 0.6 is 0 Å². The second-order valence-corrected chi connectivity index (χ2v) is 4.97. The topological polar surface area (TPSA) is 41.6 Å². The number of piperidine rings is 1. The molecule has 2 fully saturated rings. The largest absolute Gasteiger partial charge is 0.383 e. The van der Waals surface area contributed by atoms with Gasteiger partial charge in [0, 0.05) is 19.7 Å². The minimum atomic E-state index is 0.0561. The molecule has 1 N–H and O–H groups in total. The van der Waals surface area contributed by atoms with E-state index in [-0.39, 0.29) is 18.0 Å². The van der Waals surface area contributed by atoms with E-state index in [1.807, 2.05) is 4.90 Å². The van der Waals surface area contributed by atoms with E-state index in [4.69, 9.17) is 4.74 Å². The van der Waals surface area contributed by atoms with E-state index in [2.05, 4.69) is 12.2 Å². The molecular weight excluding hydrogens is 204 g/mol. The van der Waals surface area contributed by atoms with Crippen LogP contribution in [0.5, 0.6) is 0 Å². The van der Waals surface area contributed by atoms with Gasteiger partial charge in [-0.05, 0) is 32.6 Å². The van der Waals surface area contributed by atoms with Crippen LogP contribution in [0.4, 0.5) is 0 Å². The number of nitrogens with zero attached hydrogens (tertiary/aromatic N) is 1. The van der Waals surface area contributed by atoms with Gasteiger partial charge in [-0.25, -0.2) is 0 Å². The van der Waals surface area contributed by atoms with Crippen molar-refractivity contribution in [3.05, 3.63) is 0 Å². The fourth-order valence-corrected chi connectivity index (χ4v) is 2.36. The summed E-state index contributed by atoms with van der Waals surface area (Å²) < 4.78 is 5.12. The number of likely N-dealkylation sites (tertiary alicyclic amines) is 1. The third kappa shape index (κ3) is 2.74. The number of hydrogen-bond donors (Lipinski definition) is 1. The molecule has 1 aliphatic carbocycles. The van der Waals surface area contributed by atoms with E-state index < -0.39 is 0 Å². The number of carbonyl (C=O) groups is 1. The molecule has 2 aliphatic rings. The lowest BCUT2D eigenvalue weighted by atomic mass is 10.0. The number of methoxy groups -OCH3 is 1. The van der Waals surface area contributed by atoms with Crippen LogP contribution in [0.1, 0.15) is 32.6 Å². The Morgan fingerprint density at radius 2 is 2.25 bits per heavy atom. The highest BCUT2D eigenvalue weighted by atomic mass is 16.5. The molecule has 0 radical (unpaired) electrons. The molecule has 4 heteroatoms. The van der Waals surface area contributed by atoms with Gasteiger partial charge in [-0.1, -0.05) is 0 Å². The second-order valence-electron chi connectivity index (χ2n) is 4.97. The molecule has 2 rings (SSSR count). The first-order chi connectivity index (χ1) is 7.72. The average Bonchev–Trinajstić information content (AvgIpc) is 3.05. The summed E-state index contributed by atoms with van der Waals surface area (Å²) in [6.45, 7) is 3.56. The van der Waals surface area contributed by atoms with Crippen LogP contribution in [0.3, 0.4) is 0 Å². The van der Waals surface area contributed by atoms with Crippen molar-refractivity contribution in [2.24, 2.45) is 0 Å². The van der Waals surface area contributed by atoms with E-state index >= 15 is 0 Å². The molecule has 1 heterocycles. The summed E-state index contributed by atoms with van der Waals surface area (Å²) in [5.74, 6) is 0.266. The molecule has 0 aromatic rings. The molecule has 0 aromatic heterocycles. The van der Waals surface area contributed by atoms with Crippen LogP contribution in [0.15, 0.2) is 0 Å². The van der Waals surface area contributed by atoms with Gasteiger partial charge in [0.25, 0.3) is 0 Å². The van der Waals surface area contributed by atoms with E-state index in [0.29, 0.717) is 12.6 Å². The molecule has 1 saturated carbocycles. The molecule has 2 unspecified atom stereocenters. The summed E-state index contributed by atoms with van der Waals surface area (Å²) in [7, 11) is 1.69. The highest BCUT2D eigenvalue weighted by molar-refractivity contribution is 5.83. The summed E-state index contributed by atoms with van der Waals surface area (Å²) in [5, 5.41) is 3.44. The molecule has 92 valence electrons. The molecule has 16 heavy (non-hydrogen) atoms. The van der Waals surface area contributed by atoms with E-state index in [9.17, 15) is 4.79 Å². The van der Waals surface area contributed by atoms with Crippen LogP contribution in [0.25, 0.3) is 0 Å². The Morgan fingerprint density at radius 3 is 2.88 bits per heavy atom. The van der Waals surface area contributed by atoms with Gasteiger partial charge in [-0.3, -0.25) is 4.79 Å². The number of nitrogens with one attached hydrogen (secondary N) is 1. The molecule has 2 atom stereocenters. The van der Waals surface area contributed by atoms with Gasteiger partial charge in [0.15, 0.2) is 0 Å². The minimum absolute atomic E-state index is 0.0561. The summed E-state index contributed by atoms with van der Waals surface area (Å²) in [5.41, 5.74) is 0. The maximum Gasteiger partial charge on any atom is 0.240 e. The minimum Gasteiger partial charge on any atom is -0.383 e. The number of ether oxygens (including phenoxy) is 1. The molecule has 4 nitrogen and oxygen atoms in total. The third-order valence-corrected chi connectivity index (χ3v) is 3.43. The van der Waals surface area contributed by atoms with Gasteiger partial charge in [-0.15, -0.1) is 0 Å². The number of carbonyl (C=O) groups excluding carboxylic acids is 1. The first kappa shape index (κ1) is 11.9. The summed E-state index contributed by atoms with van der Waals surface area (Å²) in [6.07, 6.45) is 4.56. The smallest absolute Gasteiger partial charge is 0.240 e. The van der Waals surface area contributed by atoms with Gasteiger partial charge >= 0.3 is 0 Å². The summed E-state index contributed by atoms with van der Waals surface area (Å²) in [6, 6.07) is 0.855. The average molecular weight is 226 g/mol. The lowest BCUT2D eigenvalue weighted by Crippen LogP contribution is -2.54. The molecule has 1 amide bonds. The predicted molar refractivity (Wildman–Crippen MR) is 62.2 cm³/mol. The van der Waals surface area contributed by atoms with Gasteiger partial charge in [0.05, 0.1) is 18.7 Å². The Bertz CT molecular complexity index is 253. The van der Waals surface area contributed by atoms with Crippen molar-refractivity contribution in [3.63, 3.8) is 0 Å². The maximum atomic E-state index is 12.2. The molecule has 0 bridgehead atoms. The van der Waals surface area contributed by atoms with Crippen molar-refractivity contribution in [1.82, 2.24) is 10.2 Å². The SMILES string of the molecule is COCC(C)N1CCCC(NC2CC2)C1=O. The van der Waals surface area contributed by atoms with Crippen molar-refractivity contribution < 1.29 is 9.53 Å². The zero-order chi connectivity index (χ0) is 11.5. The highest BCUT2D eigenvalue weighted by Gasteiger charge is 2.34. The molecule has 1 aliphatic heterocycles. The van der Waals surface area contributed by atoms with Gasteiger partial charge < -0.3 is 15.0 Å². The van der Waals surface area contributed by atoms with E-state index in [1.165, 1.54) is 12.8 Å². The van der Waals surface area contributed by atoms with E-state index in [1.54, 1.807) is 7.11 Å². The first-order valence-electron chi connectivity index (χ1n) is 6.28. The molecule has 1 saturated heterocycles. The van der Waals surface area contributed by atoms with Crippen LogP contribution in [-0.4, -0.2) is 49.2 Å². The predicted octanol–water partition coefficient (Wildman–Crippen LogP) is 0.764. The summed E-state index contributed by atoms with van der Waals surface area (Å²) in [4.78, 5) is 14.2. The van der Waals surface area contributed by atoms with Crippen molar-refractivity contribution in [3.8, 4) is 0 Å². The number of hydrogen-bond acceptors (Lipinski definition) is 3. The normalized spacial score (nSPS) is 28.2. The lowest BCUT2D eigenvalue weighted by Gasteiger charge is -2.36. The standard InChI is InChI=1S/C12H22N2O2/c1-9(8-16-2)14-7-3-4-11(12(14)15)13-10-5-6-10/h9-11,13H,3-8H2,1-2H3. The first-order valence-corrected chi connectivity index (χ1v) is 6.28. The Balaban J connectivity index is 1.89. The Hall–Kier alpha value is -0.610. The van der Waals surface area contributed by atoms with Crippen LogP contribution in [0.2, 0.25) is 0 Å². The van der Waals surface area contributed by atoms with Crippen LogP contribution in [0, 0.1) is 0 Å². The zero-order valence-corrected chi connectivity index (χ0v) is 10.2.